The Hall–Kier alpha value is -1.62. The molecule has 3 saturated carbocycles. The second kappa shape index (κ2) is 6.97. The molecule has 3 fully saturated rings. The fourth-order valence-electron chi connectivity index (χ4n) is 7.30. The number of carbonyl (C=O) groups excluding carboxylic acids is 2. The van der Waals surface area contributed by atoms with E-state index >= 15 is 0 Å². The topological polar surface area (TPSA) is 59.1 Å². The zero-order chi connectivity index (χ0) is 20.2. The highest BCUT2D eigenvalue weighted by molar-refractivity contribution is 8.13. The molecule has 5 heteroatoms. The Bertz CT molecular complexity index is 856. The van der Waals surface area contributed by atoms with Crippen molar-refractivity contribution in [3.63, 3.8) is 0 Å². The number of fused-ring (bicyclic) bond motifs is 5. The van der Waals surface area contributed by atoms with Gasteiger partial charge in [0.25, 0.3) is 0 Å². The first-order valence-electron chi connectivity index (χ1n) is 11.0. The van der Waals surface area contributed by atoms with Crippen LogP contribution in [0.25, 0.3) is 0 Å². The highest BCUT2D eigenvalue weighted by Gasteiger charge is 2.60. The standard InChI is InChI=1S/C24H30N2O2S/c1-23-12-10-17-15(6-9-19-24(17,2)13-11-20(27)26-19)16(23)7-8-18(23)22(28)29-21-5-3-4-14-25-21/h3-5,11,13-19H,6-10,12H2,1-2H3,(H,26,27)/t15-,16-,17-,18-,19+,23-,24+/m0/s1. The highest BCUT2D eigenvalue weighted by Crippen LogP contribution is 2.65. The average Bonchev–Trinajstić information content (AvgIpc) is 3.06. The van der Waals surface area contributed by atoms with Crippen LogP contribution in [0.5, 0.6) is 0 Å². The van der Waals surface area contributed by atoms with Crippen molar-refractivity contribution in [3.8, 4) is 0 Å². The van der Waals surface area contributed by atoms with Crippen molar-refractivity contribution in [2.75, 3.05) is 0 Å². The first kappa shape index (κ1) is 19.3. The molecule has 0 unspecified atom stereocenters. The van der Waals surface area contributed by atoms with Gasteiger partial charge in [-0.1, -0.05) is 26.0 Å². The first-order valence-corrected chi connectivity index (χ1v) is 11.9. The molecular weight excluding hydrogens is 380 g/mol. The molecule has 4 aliphatic rings. The number of thioether (sulfide) groups is 1. The van der Waals surface area contributed by atoms with Crippen LogP contribution in [0.2, 0.25) is 0 Å². The third kappa shape index (κ3) is 2.99. The van der Waals surface area contributed by atoms with E-state index in [0.29, 0.717) is 22.9 Å². The van der Waals surface area contributed by atoms with Gasteiger partial charge in [-0.25, -0.2) is 4.98 Å². The molecule has 1 amide bonds. The number of hydrogen-bond donors (Lipinski definition) is 1. The molecular formula is C24H30N2O2S. The molecule has 0 spiro atoms. The van der Waals surface area contributed by atoms with Gasteiger partial charge in [0, 0.05) is 23.6 Å². The van der Waals surface area contributed by atoms with Crippen molar-refractivity contribution in [2.24, 2.45) is 34.5 Å². The van der Waals surface area contributed by atoms with Gasteiger partial charge in [0.2, 0.25) is 5.91 Å². The van der Waals surface area contributed by atoms with E-state index in [-0.39, 0.29) is 28.7 Å². The first-order chi connectivity index (χ1) is 13.9. The lowest BCUT2D eigenvalue weighted by Crippen LogP contribution is -2.59. The molecule has 1 N–H and O–H groups in total. The molecule has 3 aliphatic carbocycles. The van der Waals surface area contributed by atoms with Gasteiger partial charge in [-0.15, -0.1) is 0 Å². The molecule has 7 atom stereocenters. The molecule has 4 nitrogen and oxygen atoms in total. The Morgan fingerprint density at radius 3 is 2.79 bits per heavy atom. The molecule has 1 aromatic heterocycles. The molecule has 1 aromatic rings. The van der Waals surface area contributed by atoms with Gasteiger partial charge >= 0.3 is 0 Å². The summed E-state index contributed by atoms with van der Waals surface area (Å²) in [6.07, 6.45) is 12.4. The minimum atomic E-state index is 0.0585. The van der Waals surface area contributed by atoms with Crippen LogP contribution in [0.1, 0.15) is 52.4 Å². The molecule has 2 heterocycles. The number of nitrogens with one attached hydrogen (secondary N) is 1. The predicted molar refractivity (Wildman–Crippen MR) is 114 cm³/mol. The van der Waals surface area contributed by atoms with Crippen molar-refractivity contribution in [1.29, 1.82) is 0 Å². The molecule has 0 radical (unpaired) electrons. The fourth-order valence-corrected chi connectivity index (χ4v) is 8.30. The van der Waals surface area contributed by atoms with Crippen molar-refractivity contribution < 1.29 is 9.59 Å². The third-order valence-corrected chi connectivity index (χ3v) is 9.75. The van der Waals surface area contributed by atoms with Gasteiger partial charge in [-0.2, -0.15) is 0 Å². The van der Waals surface area contributed by atoms with E-state index in [0.717, 1.165) is 37.1 Å². The van der Waals surface area contributed by atoms with E-state index < -0.39 is 0 Å². The predicted octanol–water partition coefficient (Wildman–Crippen LogP) is 4.61. The number of hydrogen-bond acceptors (Lipinski definition) is 4. The number of pyridine rings is 1. The van der Waals surface area contributed by atoms with E-state index in [1.54, 1.807) is 12.3 Å². The minimum Gasteiger partial charge on any atom is -0.349 e. The van der Waals surface area contributed by atoms with Crippen molar-refractivity contribution in [3.05, 3.63) is 36.5 Å². The molecule has 154 valence electrons. The largest absolute Gasteiger partial charge is 0.349 e. The molecule has 29 heavy (non-hydrogen) atoms. The number of carbonyl (C=O) groups is 2. The monoisotopic (exact) mass is 410 g/mol. The summed E-state index contributed by atoms with van der Waals surface area (Å²) in [7, 11) is 0. The molecule has 1 aliphatic heterocycles. The van der Waals surface area contributed by atoms with E-state index in [1.807, 2.05) is 18.2 Å². The van der Waals surface area contributed by atoms with Gasteiger partial charge in [-0.05, 0) is 91.7 Å². The quantitative estimate of drug-likeness (QED) is 0.723. The summed E-state index contributed by atoms with van der Waals surface area (Å²) in [5.74, 6) is 2.07. The summed E-state index contributed by atoms with van der Waals surface area (Å²) >= 11 is 1.33. The number of rotatable bonds is 2. The fraction of sp³-hybridized carbons (Fsp3) is 0.625. The Morgan fingerprint density at radius 1 is 1.14 bits per heavy atom. The summed E-state index contributed by atoms with van der Waals surface area (Å²) in [6.45, 7) is 4.73. The van der Waals surface area contributed by atoms with Crippen LogP contribution < -0.4 is 5.32 Å². The van der Waals surface area contributed by atoms with Gasteiger partial charge in [0.05, 0.1) is 0 Å². The average molecular weight is 411 g/mol. The lowest BCUT2D eigenvalue weighted by Gasteiger charge is -2.58. The number of amides is 1. The van der Waals surface area contributed by atoms with E-state index in [1.165, 1.54) is 18.2 Å². The molecule has 0 saturated heterocycles. The van der Waals surface area contributed by atoms with Crippen molar-refractivity contribution in [2.45, 2.75) is 63.4 Å². The van der Waals surface area contributed by atoms with Crippen LogP contribution in [-0.4, -0.2) is 22.0 Å². The summed E-state index contributed by atoms with van der Waals surface area (Å²) in [6, 6.07) is 6.04. The van der Waals surface area contributed by atoms with Crippen LogP contribution in [0.15, 0.2) is 41.6 Å². The van der Waals surface area contributed by atoms with Gasteiger partial charge < -0.3 is 5.32 Å². The van der Waals surface area contributed by atoms with Crippen molar-refractivity contribution >= 4 is 22.8 Å². The lowest BCUT2D eigenvalue weighted by atomic mass is 9.48. The van der Waals surface area contributed by atoms with Crippen LogP contribution in [-0.2, 0) is 9.59 Å². The minimum absolute atomic E-state index is 0.0585. The Kier molecular flexibility index (Phi) is 4.65. The van der Waals surface area contributed by atoms with E-state index in [2.05, 4.69) is 30.2 Å². The summed E-state index contributed by atoms with van der Waals surface area (Å²) in [4.78, 5) is 29.4. The second-order valence-electron chi connectivity index (χ2n) is 9.98. The highest BCUT2D eigenvalue weighted by atomic mass is 32.2. The third-order valence-electron chi connectivity index (χ3n) is 8.81. The summed E-state index contributed by atoms with van der Waals surface area (Å²) in [5.41, 5.74) is 0.161. The maximum Gasteiger partial charge on any atom is 0.243 e. The summed E-state index contributed by atoms with van der Waals surface area (Å²) in [5, 5.41) is 4.34. The normalized spacial score (nSPS) is 43.1. The molecule has 0 bridgehead atoms. The van der Waals surface area contributed by atoms with Crippen LogP contribution in [0.4, 0.5) is 0 Å². The zero-order valence-electron chi connectivity index (χ0n) is 17.3. The molecule has 5 rings (SSSR count). The van der Waals surface area contributed by atoms with Crippen LogP contribution in [0, 0.1) is 34.5 Å². The zero-order valence-corrected chi connectivity index (χ0v) is 18.1. The van der Waals surface area contributed by atoms with E-state index in [4.69, 9.17) is 0 Å². The Balaban J connectivity index is 1.38. The van der Waals surface area contributed by atoms with Crippen LogP contribution in [0.3, 0.4) is 0 Å². The maximum absolute atomic E-state index is 13.2. The smallest absolute Gasteiger partial charge is 0.243 e. The van der Waals surface area contributed by atoms with E-state index in [9.17, 15) is 9.59 Å². The Labute approximate surface area is 177 Å². The van der Waals surface area contributed by atoms with Gasteiger partial charge in [0.1, 0.15) is 5.03 Å². The summed E-state index contributed by atoms with van der Waals surface area (Å²) < 4.78 is 0. The molecule has 0 aromatic carbocycles. The second-order valence-corrected chi connectivity index (χ2v) is 11.0. The number of nitrogens with zero attached hydrogens (tertiary/aromatic N) is 1. The lowest BCUT2D eigenvalue weighted by molar-refractivity contribution is -0.126. The maximum atomic E-state index is 13.2. The van der Waals surface area contributed by atoms with Crippen LogP contribution >= 0.6 is 11.8 Å². The van der Waals surface area contributed by atoms with Gasteiger partial charge in [0.15, 0.2) is 5.12 Å². The SMILES string of the molecule is C[C@]12C=CC(=O)N[C@@H]1CC[C@@H]1[C@@H]2CC[C@]2(C)[C@H](C(=O)Sc3ccccn3)CC[C@@H]12. The van der Waals surface area contributed by atoms with Gasteiger partial charge in [-0.3, -0.25) is 9.59 Å². The van der Waals surface area contributed by atoms with Crippen molar-refractivity contribution in [1.82, 2.24) is 10.3 Å². The Morgan fingerprint density at radius 2 is 2.00 bits per heavy atom. The number of aromatic nitrogens is 1.